The van der Waals surface area contributed by atoms with Crippen LogP contribution in [0, 0.1) is 0 Å². The number of rotatable bonds is 7. The molecule has 0 spiro atoms. The zero-order valence-corrected chi connectivity index (χ0v) is 16.9. The van der Waals surface area contributed by atoms with Crippen molar-refractivity contribution >= 4 is 17.3 Å². The van der Waals surface area contributed by atoms with Crippen LogP contribution in [-0.4, -0.2) is 27.5 Å². The van der Waals surface area contributed by atoms with Crippen molar-refractivity contribution in [3.05, 3.63) is 70.4 Å². The van der Waals surface area contributed by atoms with Crippen molar-refractivity contribution < 1.29 is 17.9 Å². The number of nitrogens with zero attached hydrogens (tertiary/aromatic N) is 4. The van der Waals surface area contributed by atoms with Gasteiger partial charge in [-0.3, -0.25) is 9.36 Å². The van der Waals surface area contributed by atoms with Crippen molar-refractivity contribution in [3.63, 3.8) is 0 Å². The summed E-state index contributed by atoms with van der Waals surface area (Å²) in [6.45, 7) is 0. The topological polar surface area (TPSA) is 133 Å². The smallest absolute Gasteiger partial charge is 0.416 e. The lowest BCUT2D eigenvalue weighted by atomic mass is 10.1. The number of methoxy groups -OCH3 is 1. The van der Waals surface area contributed by atoms with Crippen molar-refractivity contribution in [2.75, 3.05) is 12.4 Å². The summed E-state index contributed by atoms with van der Waals surface area (Å²) in [5.74, 6) is 5.57. The Morgan fingerprint density at radius 3 is 2.66 bits per heavy atom. The fourth-order valence-electron chi connectivity index (χ4n) is 2.82. The molecule has 0 radical (unpaired) electrons. The van der Waals surface area contributed by atoms with Gasteiger partial charge in [0, 0.05) is 25.0 Å². The minimum absolute atomic E-state index is 0.0841. The number of hydrogen-bond donors (Lipinski definition) is 3. The van der Waals surface area contributed by atoms with Crippen molar-refractivity contribution in [2.24, 2.45) is 16.7 Å². The van der Waals surface area contributed by atoms with Crippen LogP contribution in [0.1, 0.15) is 17.5 Å². The number of benzene rings is 1. The molecule has 1 aromatic carbocycles. The maximum absolute atomic E-state index is 12.9. The Balaban J connectivity index is 1.86. The first kappa shape index (κ1) is 22.6. The summed E-state index contributed by atoms with van der Waals surface area (Å²) in [5.41, 5.74) is 5.18. The molecule has 0 aliphatic carbocycles. The number of alkyl halides is 3. The van der Waals surface area contributed by atoms with Crippen LogP contribution in [0.5, 0.6) is 5.75 Å². The Bertz CT molecular complexity index is 1180. The highest BCUT2D eigenvalue weighted by Crippen LogP contribution is 2.35. The molecule has 0 unspecified atom stereocenters. The Hall–Kier alpha value is -4.09. The minimum atomic E-state index is -4.52. The van der Waals surface area contributed by atoms with Gasteiger partial charge < -0.3 is 21.6 Å². The number of pyridine rings is 1. The van der Waals surface area contributed by atoms with Gasteiger partial charge in [0.1, 0.15) is 17.4 Å². The molecule has 0 bridgehead atoms. The van der Waals surface area contributed by atoms with Crippen molar-refractivity contribution in [2.45, 2.75) is 19.0 Å². The first-order chi connectivity index (χ1) is 15.2. The van der Waals surface area contributed by atoms with Crippen molar-refractivity contribution in [1.82, 2.24) is 14.5 Å². The number of anilines is 2. The van der Waals surface area contributed by atoms with Gasteiger partial charge in [-0.05, 0) is 36.2 Å². The Morgan fingerprint density at radius 1 is 1.25 bits per heavy atom. The van der Waals surface area contributed by atoms with Crippen LogP contribution in [-0.2, 0) is 12.6 Å². The van der Waals surface area contributed by atoms with E-state index in [1.165, 1.54) is 30.1 Å². The predicted molar refractivity (Wildman–Crippen MR) is 113 cm³/mol. The van der Waals surface area contributed by atoms with Crippen LogP contribution in [0.3, 0.4) is 0 Å². The van der Waals surface area contributed by atoms with E-state index in [9.17, 15) is 18.0 Å². The number of ether oxygens (including phenoxy) is 1. The highest BCUT2D eigenvalue weighted by molar-refractivity contribution is 5.80. The van der Waals surface area contributed by atoms with Gasteiger partial charge in [0.15, 0.2) is 5.82 Å². The molecule has 0 saturated carbocycles. The zero-order valence-electron chi connectivity index (χ0n) is 16.9. The van der Waals surface area contributed by atoms with Gasteiger partial charge in [-0.1, -0.05) is 6.07 Å². The predicted octanol–water partition coefficient (Wildman–Crippen LogP) is 2.56. The molecule has 12 heteroatoms. The summed E-state index contributed by atoms with van der Waals surface area (Å²) in [6.07, 6.45) is 0.913. The number of amidine groups is 1. The van der Waals surface area contributed by atoms with E-state index in [2.05, 4.69) is 20.4 Å². The van der Waals surface area contributed by atoms with Gasteiger partial charge in [-0.15, -0.1) is 0 Å². The largest absolute Gasteiger partial charge is 0.495 e. The second-order valence-corrected chi connectivity index (χ2v) is 6.63. The summed E-state index contributed by atoms with van der Waals surface area (Å²) >= 11 is 0. The Labute approximate surface area is 180 Å². The van der Waals surface area contributed by atoms with E-state index in [1.807, 2.05) is 0 Å². The Kier molecular flexibility index (Phi) is 6.61. The number of nitrogens with one attached hydrogen (secondary N) is 1. The van der Waals surface area contributed by atoms with Gasteiger partial charge in [-0.2, -0.15) is 18.3 Å². The number of aryl methyl sites for hydroxylation is 1. The number of nitrogens with two attached hydrogens (primary N) is 2. The molecule has 0 fully saturated rings. The average Bonchev–Trinajstić information content (AvgIpc) is 2.78. The average molecular weight is 447 g/mol. The summed E-state index contributed by atoms with van der Waals surface area (Å²) in [4.78, 5) is 21.1. The molecule has 5 N–H and O–H groups in total. The van der Waals surface area contributed by atoms with Crippen LogP contribution in [0.15, 0.2) is 58.8 Å². The zero-order chi connectivity index (χ0) is 23.3. The maximum atomic E-state index is 12.9. The SMILES string of the molecule is COc1cc(C(F)(F)F)ccc1Nc1nccn(-c2ccc(CC/C(N)=N/N)cn2)c1=O. The number of halogens is 3. The van der Waals surface area contributed by atoms with Crippen LogP contribution >= 0.6 is 0 Å². The molecule has 0 atom stereocenters. The molecule has 2 heterocycles. The van der Waals surface area contributed by atoms with Gasteiger partial charge in [0.2, 0.25) is 0 Å². The number of hydrogen-bond acceptors (Lipinski definition) is 7. The lowest BCUT2D eigenvalue weighted by molar-refractivity contribution is -0.137. The fourth-order valence-corrected chi connectivity index (χ4v) is 2.82. The summed E-state index contributed by atoms with van der Waals surface area (Å²) in [7, 11) is 1.23. The normalized spacial score (nSPS) is 11.9. The molecule has 32 heavy (non-hydrogen) atoms. The van der Waals surface area contributed by atoms with E-state index in [4.69, 9.17) is 16.3 Å². The number of aromatic nitrogens is 3. The van der Waals surface area contributed by atoms with E-state index in [1.54, 1.807) is 18.3 Å². The fraction of sp³-hybridized carbons (Fsp3) is 0.200. The highest BCUT2D eigenvalue weighted by atomic mass is 19.4. The van der Waals surface area contributed by atoms with E-state index >= 15 is 0 Å². The molecule has 3 aromatic rings. The third kappa shape index (κ3) is 5.14. The van der Waals surface area contributed by atoms with Crippen LogP contribution in [0.25, 0.3) is 5.82 Å². The summed E-state index contributed by atoms with van der Waals surface area (Å²) in [5, 5.41) is 6.13. The second kappa shape index (κ2) is 9.37. The lowest BCUT2D eigenvalue weighted by Crippen LogP contribution is -2.22. The quantitative estimate of drug-likeness (QED) is 0.219. The second-order valence-electron chi connectivity index (χ2n) is 6.63. The van der Waals surface area contributed by atoms with Gasteiger partial charge >= 0.3 is 6.18 Å². The molecule has 0 aliphatic heterocycles. The molecular formula is C20H20F3N7O2. The first-order valence-corrected chi connectivity index (χ1v) is 9.30. The van der Waals surface area contributed by atoms with Gasteiger partial charge in [0.05, 0.1) is 18.4 Å². The van der Waals surface area contributed by atoms with Crippen LogP contribution in [0.4, 0.5) is 24.7 Å². The third-order valence-corrected chi connectivity index (χ3v) is 4.51. The van der Waals surface area contributed by atoms with E-state index in [-0.39, 0.29) is 17.3 Å². The standard InChI is InChI=1S/C20H20F3N7O2/c1-32-15-10-13(20(21,22)23)4-5-14(15)28-18-19(31)30(9-8-26-18)17-7-3-12(11-27-17)2-6-16(24)29-25/h3-5,7-11H,2,6,25H2,1H3,(H2,24,29)(H,26,28). The first-order valence-electron chi connectivity index (χ1n) is 9.30. The third-order valence-electron chi connectivity index (χ3n) is 4.51. The monoisotopic (exact) mass is 447 g/mol. The van der Waals surface area contributed by atoms with Crippen LogP contribution < -0.4 is 27.2 Å². The van der Waals surface area contributed by atoms with E-state index in [0.717, 1.165) is 17.7 Å². The molecular weight excluding hydrogens is 427 g/mol. The molecule has 9 nitrogen and oxygen atoms in total. The van der Waals surface area contributed by atoms with E-state index < -0.39 is 17.3 Å². The van der Waals surface area contributed by atoms with Gasteiger partial charge in [-0.25, -0.2) is 9.97 Å². The lowest BCUT2D eigenvalue weighted by Gasteiger charge is -2.14. The molecule has 168 valence electrons. The summed E-state index contributed by atoms with van der Waals surface area (Å²) in [6, 6.07) is 6.32. The molecule has 3 rings (SSSR count). The van der Waals surface area contributed by atoms with Crippen molar-refractivity contribution in [1.29, 1.82) is 0 Å². The molecule has 0 aliphatic rings. The highest BCUT2D eigenvalue weighted by Gasteiger charge is 2.31. The number of hydrazone groups is 1. The van der Waals surface area contributed by atoms with E-state index in [0.29, 0.717) is 24.5 Å². The van der Waals surface area contributed by atoms with Crippen molar-refractivity contribution in [3.8, 4) is 11.6 Å². The van der Waals surface area contributed by atoms with Crippen LogP contribution in [0.2, 0.25) is 0 Å². The molecule has 0 saturated heterocycles. The molecule has 2 aromatic heterocycles. The minimum Gasteiger partial charge on any atom is -0.495 e. The maximum Gasteiger partial charge on any atom is 0.416 e. The van der Waals surface area contributed by atoms with Gasteiger partial charge in [0.25, 0.3) is 5.56 Å². The molecule has 0 amide bonds. The summed E-state index contributed by atoms with van der Waals surface area (Å²) < 4.78 is 45.1. The Morgan fingerprint density at radius 2 is 2.03 bits per heavy atom.